The molecule has 1 aliphatic heterocycles. The fourth-order valence-corrected chi connectivity index (χ4v) is 1.47. The molecule has 0 aromatic rings. The predicted octanol–water partition coefficient (Wildman–Crippen LogP) is 0.185. The van der Waals surface area contributed by atoms with Gasteiger partial charge in [-0.1, -0.05) is 6.58 Å². The average Bonchev–Trinajstić information content (AvgIpc) is 2.65. The maximum absolute atomic E-state index is 11.3. The minimum atomic E-state index is -1.02. The zero-order chi connectivity index (χ0) is 12.3. The quantitative estimate of drug-likeness (QED) is 0.654. The van der Waals surface area contributed by atoms with Crippen molar-refractivity contribution in [2.75, 3.05) is 13.2 Å². The van der Waals surface area contributed by atoms with E-state index >= 15 is 0 Å². The fourth-order valence-electron chi connectivity index (χ4n) is 1.47. The van der Waals surface area contributed by atoms with Crippen molar-refractivity contribution in [3.63, 3.8) is 0 Å². The van der Waals surface area contributed by atoms with Crippen LogP contribution >= 0.6 is 0 Å². The Balaban J connectivity index is 2.59. The molecule has 0 aromatic heterocycles. The lowest BCUT2D eigenvalue weighted by atomic mass is 10.2. The second kappa shape index (κ2) is 4.93. The number of carboxylic acids is 1. The van der Waals surface area contributed by atoms with Crippen LogP contribution in [0.25, 0.3) is 0 Å². The van der Waals surface area contributed by atoms with Crippen molar-refractivity contribution in [1.29, 1.82) is 0 Å². The Kier molecular flexibility index (Phi) is 3.34. The van der Waals surface area contributed by atoms with Gasteiger partial charge in [0.25, 0.3) is 0 Å². The summed E-state index contributed by atoms with van der Waals surface area (Å²) in [6, 6.07) is -0.673. The normalized spacial score (nSPS) is 24.3. The van der Waals surface area contributed by atoms with E-state index in [0.717, 1.165) is 6.42 Å². The van der Waals surface area contributed by atoms with E-state index in [0.29, 0.717) is 18.5 Å². The minimum absolute atomic E-state index is 0.309. The van der Waals surface area contributed by atoms with E-state index in [1.54, 1.807) is 6.92 Å². The highest BCUT2D eigenvalue weighted by Crippen LogP contribution is 2.15. The molecule has 0 aromatic carbocycles. The molecule has 84 valence electrons. The predicted molar refractivity (Wildman–Crippen MR) is 55.2 cm³/mol. The molecular formula is C10H16N2O3. The molecule has 2 atom stereocenters. The first kappa shape index (κ1) is 10.2. The van der Waals surface area contributed by atoms with Crippen molar-refractivity contribution in [2.45, 2.75) is 25.8 Å². The summed E-state index contributed by atoms with van der Waals surface area (Å²) in [5, 5.41) is 11.3. The molecule has 1 fully saturated rings. The number of rotatable bonds is 4. The Bertz CT molecular complexity index is 319. The Hall–Kier alpha value is -1.36. The zero-order valence-electron chi connectivity index (χ0n) is 9.69. The Morgan fingerprint density at radius 2 is 2.40 bits per heavy atom. The second-order valence-electron chi connectivity index (χ2n) is 3.62. The van der Waals surface area contributed by atoms with Crippen LogP contribution in [-0.4, -0.2) is 41.1 Å². The average molecular weight is 213 g/mol. The highest BCUT2D eigenvalue weighted by atomic mass is 16.4. The molecule has 2 N–H and O–H groups in total. The molecule has 15 heavy (non-hydrogen) atoms. The van der Waals surface area contributed by atoms with Gasteiger partial charge in [0.1, 0.15) is 6.04 Å². The number of carbonyl (C=O) groups excluding carboxylic acids is 1. The lowest BCUT2D eigenvalue weighted by Crippen LogP contribution is -2.43. The Labute approximate surface area is 90.2 Å². The van der Waals surface area contributed by atoms with E-state index in [4.69, 9.17) is 6.48 Å². The van der Waals surface area contributed by atoms with E-state index < -0.39 is 24.6 Å². The van der Waals surface area contributed by atoms with Crippen LogP contribution in [0.3, 0.4) is 0 Å². The third kappa shape index (κ3) is 3.06. The van der Waals surface area contributed by atoms with Gasteiger partial charge in [-0.3, -0.25) is 14.5 Å². The molecule has 0 saturated carbocycles. The number of nitrogens with one attached hydrogen (secondary N) is 1. The van der Waals surface area contributed by atoms with Crippen molar-refractivity contribution in [3.05, 3.63) is 12.2 Å². The van der Waals surface area contributed by atoms with E-state index in [9.17, 15) is 9.59 Å². The number of hydrogen-bond donors (Lipinski definition) is 2. The summed E-state index contributed by atoms with van der Waals surface area (Å²) in [5.41, 5.74) is 0.309. The van der Waals surface area contributed by atoms with Crippen LogP contribution in [0.4, 0.5) is 0 Å². The van der Waals surface area contributed by atoms with Gasteiger partial charge in [0.2, 0.25) is 5.91 Å². The molecule has 1 aliphatic rings. The molecule has 1 saturated heterocycles. The highest BCUT2D eigenvalue weighted by molar-refractivity contribution is 5.92. The van der Waals surface area contributed by atoms with Crippen LogP contribution < -0.4 is 5.32 Å². The lowest BCUT2D eigenvalue weighted by Gasteiger charge is -2.21. The molecule has 0 aliphatic carbocycles. The van der Waals surface area contributed by atoms with E-state index in [1.165, 1.54) is 4.90 Å². The van der Waals surface area contributed by atoms with Crippen molar-refractivity contribution >= 4 is 11.9 Å². The van der Waals surface area contributed by atoms with Gasteiger partial charge < -0.3 is 10.4 Å². The molecule has 0 spiro atoms. The molecule has 1 unspecified atom stereocenters. The van der Waals surface area contributed by atoms with Crippen molar-refractivity contribution in [3.8, 4) is 0 Å². The third-order valence-electron chi connectivity index (χ3n) is 2.33. The standard InChI is InChI=1S/C10H16N2O3/c1-7(2)9(13)11-6-12-5-3-4-8(12)10(14)15/h8H,1,3-6H2,2H3,(H,11,13)(H,14,15)/t8-/m0/s1/i6D/t6?,8-. The van der Waals surface area contributed by atoms with E-state index in [1.807, 2.05) is 0 Å². The zero-order valence-corrected chi connectivity index (χ0v) is 8.69. The van der Waals surface area contributed by atoms with Crippen LogP contribution in [0.5, 0.6) is 0 Å². The van der Waals surface area contributed by atoms with Crippen molar-refractivity contribution in [1.82, 2.24) is 10.2 Å². The van der Waals surface area contributed by atoms with Crippen LogP contribution in [0.1, 0.15) is 21.1 Å². The number of hydrogen-bond acceptors (Lipinski definition) is 3. The first-order valence-electron chi connectivity index (χ1n) is 5.38. The topological polar surface area (TPSA) is 69.6 Å². The summed E-state index contributed by atoms with van der Waals surface area (Å²) in [6.45, 7) is 4.50. The fraction of sp³-hybridized carbons (Fsp3) is 0.600. The van der Waals surface area contributed by atoms with Gasteiger partial charge in [-0.05, 0) is 19.8 Å². The van der Waals surface area contributed by atoms with Crippen LogP contribution in [0.2, 0.25) is 0 Å². The maximum atomic E-state index is 11.3. The van der Waals surface area contributed by atoms with Crippen molar-refractivity contribution in [2.24, 2.45) is 0 Å². The summed E-state index contributed by atoms with van der Waals surface area (Å²) in [6.07, 6.45) is 1.25. The number of amides is 1. The minimum Gasteiger partial charge on any atom is -0.480 e. The lowest BCUT2D eigenvalue weighted by molar-refractivity contribution is -0.142. The third-order valence-corrected chi connectivity index (χ3v) is 2.33. The van der Waals surface area contributed by atoms with Gasteiger partial charge in [-0.25, -0.2) is 0 Å². The number of aliphatic carboxylic acids is 1. The Morgan fingerprint density at radius 3 is 2.93 bits per heavy atom. The van der Waals surface area contributed by atoms with Crippen molar-refractivity contribution < 1.29 is 16.1 Å². The number of carboxylic acid groups (broad SMARTS) is 1. The molecule has 5 nitrogen and oxygen atoms in total. The SMILES string of the molecule is [2H]C(NC(=O)C(=C)C)N1CCC[C@H]1C(=O)O. The van der Waals surface area contributed by atoms with Gasteiger partial charge in [-0.15, -0.1) is 0 Å². The van der Waals surface area contributed by atoms with E-state index in [2.05, 4.69) is 11.9 Å². The molecule has 0 bridgehead atoms. The summed E-state index contributed by atoms with van der Waals surface area (Å²) in [4.78, 5) is 23.6. The Morgan fingerprint density at radius 1 is 1.73 bits per heavy atom. The molecular weight excluding hydrogens is 196 g/mol. The van der Waals surface area contributed by atoms with Gasteiger partial charge in [0.15, 0.2) is 0 Å². The number of nitrogens with zero attached hydrogens (tertiary/aromatic N) is 1. The molecule has 5 heteroatoms. The monoisotopic (exact) mass is 213 g/mol. The summed E-state index contributed by atoms with van der Waals surface area (Å²) >= 11 is 0. The van der Waals surface area contributed by atoms with Crippen LogP contribution in [-0.2, 0) is 9.59 Å². The largest absolute Gasteiger partial charge is 0.480 e. The van der Waals surface area contributed by atoms with Gasteiger partial charge in [-0.2, -0.15) is 0 Å². The van der Waals surface area contributed by atoms with Crippen LogP contribution in [0, 0.1) is 0 Å². The smallest absolute Gasteiger partial charge is 0.320 e. The van der Waals surface area contributed by atoms with Gasteiger partial charge >= 0.3 is 5.97 Å². The maximum Gasteiger partial charge on any atom is 0.320 e. The number of carbonyl (C=O) groups is 2. The first-order chi connectivity index (χ1) is 7.43. The highest BCUT2D eigenvalue weighted by Gasteiger charge is 2.30. The van der Waals surface area contributed by atoms with Crippen LogP contribution in [0.15, 0.2) is 12.2 Å². The summed E-state index contributed by atoms with van der Waals surface area (Å²) in [5.74, 6) is -1.37. The number of likely N-dealkylation sites (tertiary alicyclic amines) is 1. The molecule has 1 rings (SSSR count). The van der Waals surface area contributed by atoms with E-state index in [-0.39, 0.29) is 0 Å². The molecule has 1 amide bonds. The molecule has 0 radical (unpaired) electrons. The molecule has 1 heterocycles. The van der Waals surface area contributed by atoms with Gasteiger partial charge in [0.05, 0.1) is 8.02 Å². The second-order valence-corrected chi connectivity index (χ2v) is 3.62. The summed E-state index contributed by atoms with van der Waals surface area (Å²) in [7, 11) is 0. The first-order valence-corrected chi connectivity index (χ1v) is 4.80. The summed E-state index contributed by atoms with van der Waals surface area (Å²) < 4.78 is 7.71. The van der Waals surface area contributed by atoms with Gasteiger partial charge in [0, 0.05) is 12.1 Å².